The molecule has 104 valence electrons. The summed E-state index contributed by atoms with van der Waals surface area (Å²) in [6.45, 7) is 9.98. The van der Waals surface area contributed by atoms with Gasteiger partial charge in [-0.15, -0.1) is 0 Å². The van der Waals surface area contributed by atoms with E-state index in [0.717, 1.165) is 23.9 Å². The molecule has 1 aromatic rings. The number of nitrogens with zero attached hydrogens (tertiary/aromatic N) is 1. The van der Waals surface area contributed by atoms with Crippen LogP contribution in [0.2, 0.25) is 0 Å². The SMILES string of the molecule is CC(C)CC(CC(C)C)NCc1ccc(C#N)cc1. The van der Waals surface area contributed by atoms with Crippen molar-refractivity contribution < 1.29 is 0 Å². The van der Waals surface area contributed by atoms with Crippen LogP contribution in [-0.4, -0.2) is 6.04 Å². The van der Waals surface area contributed by atoms with Gasteiger partial charge in [0.05, 0.1) is 11.6 Å². The maximum atomic E-state index is 8.78. The van der Waals surface area contributed by atoms with Gasteiger partial charge >= 0.3 is 0 Å². The second-order valence-corrected chi connectivity index (χ2v) is 6.15. The molecule has 0 aliphatic carbocycles. The van der Waals surface area contributed by atoms with Crippen LogP contribution in [0.1, 0.15) is 51.7 Å². The smallest absolute Gasteiger partial charge is 0.0991 e. The summed E-state index contributed by atoms with van der Waals surface area (Å²) >= 11 is 0. The molecule has 0 amide bonds. The quantitative estimate of drug-likeness (QED) is 0.799. The molecule has 0 bridgehead atoms. The lowest BCUT2D eigenvalue weighted by molar-refractivity contribution is 0.358. The molecule has 1 N–H and O–H groups in total. The number of hydrogen-bond donors (Lipinski definition) is 1. The Balaban J connectivity index is 2.52. The molecule has 2 nitrogen and oxygen atoms in total. The van der Waals surface area contributed by atoms with E-state index in [9.17, 15) is 0 Å². The van der Waals surface area contributed by atoms with E-state index >= 15 is 0 Å². The summed E-state index contributed by atoms with van der Waals surface area (Å²) in [6, 6.07) is 10.6. The van der Waals surface area contributed by atoms with Gasteiger partial charge in [0.2, 0.25) is 0 Å². The van der Waals surface area contributed by atoms with Gasteiger partial charge in [-0.1, -0.05) is 39.8 Å². The lowest BCUT2D eigenvalue weighted by Crippen LogP contribution is -2.31. The zero-order valence-corrected chi connectivity index (χ0v) is 12.6. The molecule has 1 rings (SSSR count). The maximum Gasteiger partial charge on any atom is 0.0991 e. The fourth-order valence-corrected chi connectivity index (χ4v) is 2.36. The number of nitrogens with one attached hydrogen (secondary N) is 1. The molecule has 0 heterocycles. The molecule has 1 aromatic carbocycles. The molecule has 0 aromatic heterocycles. The first-order chi connectivity index (χ1) is 9.01. The van der Waals surface area contributed by atoms with Crippen molar-refractivity contribution in [1.29, 1.82) is 5.26 Å². The van der Waals surface area contributed by atoms with Crippen molar-refractivity contribution >= 4 is 0 Å². The Bertz CT molecular complexity index is 388. The van der Waals surface area contributed by atoms with E-state index in [-0.39, 0.29) is 0 Å². The van der Waals surface area contributed by atoms with Crippen LogP contribution in [0.15, 0.2) is 24.3 Å². The first kappa shape index (κ1) is 15.7. The van der Waals surface area contributed by atoms with Crippen LogP contribution in [0.25, 0.3) is 0 Å². The molecule has 0 saturated carbocycles. The second-order valence-electron chi connectivity index (χ2n) is 6.15. The van der Waals surface area contributed by atoms with Crippen molar-refractivity contribution in [3.8, 4) is 6.07 Å². The van der Waals surface area contributed by atoms with Crippen molar-refractivity contribution in [1.82, 2.24) is 5.32 Å². The van der Waals surface area contributed by atoms with Gasteiger partial charge in [0.1, 0.15) is 0 Å². The third kappa shape index (κ3) is 6.40. The standard InChI is InChI=1S/C17H26N2/c1-13(2)9-17(10-14(3)4)19-12-16-7-5-15(11-18)6-8-16/h5-8,13-14,17,19H,9-10,12H2,1-4H3. The van der Waals surface area contributed by atoms with Crippen molar-refractivity contribution in [2.45, 2.75) is 53.1 Å². The molecule has 0 spiro atoms. The van der Waals surface area contributed by atoms with E-state index in [1.165, 1.54) is 18.4 Å². The summed E-state index contributed by atoms with van der Waals surface area (Å²) in [7, 11) is 0. The molecule has 0 unspecified atom stereocenters. The third-order valence-corrected chi connectivity index (χ3v) is 3.19. The predicted octanol–water partition coefficient (Wildman–Crippen LogP) is 4.11. The largest absolute Gasteiger partial charge is 0.310 e. The maximum absolute atomic E-state index is 8.78. The van der Waals surface area contributed by atoms with Crippen LogP contribution < -0.4 is 5.32 Å². The summed E-state index contributed by atoms with van der Waals surface area (Å²) in [5.74, 6) is 1.44. The molecule has 19 heavy (non-hydrogen) atoms. The molecule has 2 heteroatoms. The van der Waals surface area contributed by atoms with E-state index in [0.29, 0.717) is 6.04 Å². The summed E-state index contributed by atoms with van der Waals surface area (Å²) < 4.78 is 0. The zero-order chi connectivity index (χ0) is 14.3. The van der Waals surface area contributed by atoms with Gasteiger partial charge in [0.25, 0.3) is 0 Å². The summed E-state index contributed by atoms with van der Waals surface area (Å²) in [5, 5.41) is 12.4. The van der Waals surface area contributed by atoms with Crippen LogP contribution in [-0.2, 0) is 6.54 Å². The highest BCUT2D eigenvalue weighted by Crippen LogP contribution is 2.14. The molecule has 0 atom stereocenters. The topological polar surface area (TPSA) is 35.8 Å². The van der Waals surface area contributed by atoms with Crippen molar-refractivity contribution in [2.24, 2.45) is 11.8 Å². The van der Waals surface area contributed by atoms with Gasteiger partial charge in [0.15, 0.2) is 0 Å². The minimum atomic E-state index is 0.579. The Hall–Kier alpha value is -1.33. The number of rotatable bonds is 7. The van der Waals surface area contributed by atoms with Gasteiger partial charge in [-0.2, -0.15) is 5.26 Å². The summed E-state index contributed by atoms with van der Waals surface area (Å²) in [4.78, 5) is 0. The predicted molar refractivity (Wildman–Crippen MR) is 80.7 cm³/mol. The zero-order valence-electron chi connectivity index (χ0n) is 12.6. The highest BCUT2D eigenvalue weighted by Gasteiger charge is 2.12. The van der Waals surface area contributed by atoms with Crippen molar-refractivity contribution in [3.63, 3.8) is 0 Å². The molecule has 0 aliphatic rings. The lowest BCUT2D eigenvalue weighted by Gasteiger charge is -2.22. The number of hydrogen-bond acceptors (Lipinski definition) is 2. The van der Waals surface area contributed by atoms with Crippen LogP contribution in [0.4, 0.5) is 0 Å². The van der Waals surface area contributed by atoms with Gasteiger partial charge in [-0.25, -0.2) is 0 Å². The van der Waals surface area contributed by atoms with Gasteiger partial charge in [-0.05, 0) is 42.4 Å². The molecule has 0 saturated heterocycles. The normalized spacial score (nSPS) is 11.3. The minimum Gasteiger partial charge on any atom is -0.310 e. The van der Waals surface area contributed by atoms with Crippen molar-refractivity contribution in [3.05, 3.63) is 35.4 Å². The summed E-state index contributed by atoms with van der Waals surface area (Å²) in [5.41, 5.74) is 1.97. The Kier molecular flexibility index (Phi) is 6.59. The highest BCUT2D eigenvalue weighted by atomic mass is 14.9. The Morgan fingerprint density at radius 2 is 1.53 bits per heavy atom. The second kappa shape index (κ2) is 7.96. The van der Waals surface area contributed by atoms with Crippen molar-refractivity contribution in [2.75, 3.05) is 0 Å². The van der Waals surface area contributed by atoms with E-state index in [2.05, 4.69) is 39.1 Å². The fraction of sp³-hybridized carbons (Fsp3) is 0.588. The average Bonchev–Trinajstić information content (AvgIpc) is 2.35. The lowest BCUT2D eigenvalue weighted by atomic mass is 9.95. The Morgan fingerprint density at radius 1 is 1.00 bits per heavy atom. The summed E-state index contributed by atoms with van der Waals surface area (Å²) in [6.07, 6.45) is 2.43. The first-order valence-electron chi connectivity index (χ1n) is 7.23. The van der Waals surface area contributed by atoms with Crippen LogP contribution in [0.3, 0.4) is 0 Å². The number of benzene rings is 1. The van der Waals surface area contributed by atoms with Crippen LogP contribution in [0.5, 0.6) is 0 Å². The van der Waals surface area contributed by atoms with E-state index in [1.807, 2.05) is 24.3 Å². The van der Waals surface area contributed by atoms with Crippen LogP contribution in [0, 0.1) is 23.2 Å². The van der Waals surface area contributed by atoms with E-state index in [4.69, 9.17) is 5.26 Å². The Labute approximate surface area is 117 Å². The van der Waals surface area contributed by atoms with Gasteiger partial charge in [0, 0.05) is 12.6 Å². The minimum absolute atomic E-state index is 0.579. The highest BCUT2D eigenvalue weighted by molar-refractivity contribution is 5.31. The molecule has 0 fully saturated rings. The van der Waals surface area contributed by atoms with E-state index in [1.54, 1.807) is 0 Å². The van der Waals surface area contributed by atoms with Crippen LogP contribution >= 0.6 is 0 Å². The molecule has 0 radical (unpaired) electrons. The third-order valence-electron chi connectivity index (χ3n) is 3.19. The number of nitriles is 1. The first-order valence-corrected chi connectivity index (χ1v) is 7.23. The Morgan fingerprint density at radius 3 is 1.95 bits per heavy atom. The molecular weight excluding hydrogens is 232 g/mol. The molecular formula is C17H26N2. The average molecular weight is 258 g/mol. The van der Waals surface area contributed by atoms with Gasteiger partial charge < -0.3 is 5.32 Å². The van der Waals surface area contributed by atoms with Gasteiger partial charge in [-0.3, -0.25) is 0 Å². The molecule has 0 aliphatic heterocycles. The monoisotopic (exact) mass is 258 g/mol. The fourth-order valence-electron chi connectivity index (χ4n) is 2.36. The van der Waals surface area contributed by atoms with E-state index < -0.39 is 0 Å².